The van der Waals surface area contributed by atoms with Crippen LogP contribution in [-0.2, 0) is 10.0 Å². The maximum absolute atomic E-state index is 12.0. The highest BCUT2D eigenvalue weighted by molar-refractivity contribution is 7.89. The number of nitrogens with one attached hydrogen (secondary N) is 1. The van der Waals surface area contributed by atoms with Crippen molar-refractivity contribution in [2.45, 2.75) is 4.90 Å². The lowest BCUT2D eigenvalue weighted by atomic mass is 10.2. The molecule has 0 aliphatic heterocycles. The molecule has 0 radical (unpaired) electrons. The molecule has 0 fully saturated rings. The summed E-state index contributed by atoms with van der Waals surface area (Å²) in [6, 6.07) is 18.0. The van der Waals surface area contributed by atoms with Crippen molar-refractivity contribution in [1.82, 2.24) is 4.83 Å². The van der Waals surface area contributed by atoms with Crippen molar-refractivity contribution in [3.05, 3.63) is 82.6 Å². The number of benzene rings is 2. The van der Waals surface area contributed by atoms with Crippen LogP contribution in [0.4, 0.5) is 0 Å². The summed E-state index contributed by atoms with van der Waals surface area (Å²) in [6.07, 6.45) is 1.37. The van der Waals surface area contributed by atoms with Crippen molar-refractivity contribution >= 4 is 33.5 Å². The smallest absolute Gasteiger partial charge is 0.353 e. The minimum absolute atomic E-state index is 0.132. The largest absolute Gasteiger partial charge is 0.422 e. The molecule has 26 heavy (non-hydrogen) atoms. The molecular weight excluding hydrogens is 372 g/mol. The normalized spacial score (nSPS) is 11.4. The van der Waals surface area contributed by atoms with Crippen LogP contribution < -0.4 is 9.57 Å². The summed E-state index contributed by atoms with van der Waals surface area (Å²) in [5.74, 6) is -0.0255. The molecule has 0 aliphatic rings. The van der Waals surface area contributed by atoms with Gasteiger partial charge in [-0.25, -0.2) is 9.63 Å². The number of ether oxygens (including phenoxy) is 1. The predicted octanol–water partition coefficient (Wildman–Crippen LogP) is 3.28. The van der Waals surface area contributed by atoms with Crippen LogP contribution in [0.3, 0.4) is 0 Å². The molecule has 0 spiro atoms. The third kappa shape index (κ3) is 4.56. The molecule has 1 heterocycles. The Kier molecular flexibility index (Phi) is 5.45. The maximum atomic E-state index is 12.0. The number of hydrazone groups is 1. The Balaban J connectivity index is 1.60. The van der Waals surface area contributed by atoms with Crippen molar-refractivity contribution < 1.29 is 17.9 Å². The fourth-order valence-corrected chi connectivity index (χ4v) is 3.41. The van der Waals surface area contributed by atoms with E-state index in [0.29, 0.717) is 16.2 Å². The van der Waals surface area contributed by atoms with Crippen LogP contribution in [0.1, 0.15) is 15.2 Å². The topological polar surface area (TPSA) is 84.8 Å². The Hall–Kier alpha value is -2.97. The molecule has 0 aliphatic carbocycles. The monoisotopic (exact) mass is 386 g/mol. The van der Waals surface area contributed by atoms with Crippen LogP contribution in [0.15, 0.2) is 82.1 Å². The summed E-state index contributed by atoms with van der Waals surface area (Å²) < 4.78 is 29.3. The first-order chi connectivity index (χ1) is 12.5. The molecule has 0 amide bonds. The highest BCUT2D eigenvalue weighted by Gasteiger charge is 2.11. The van der Waals surface area contributed by atoms with E-state index in [1.54, 1.807) is 60.0 Å². The number of thiophene rings is 1. The van der Waals surface area contributed by atoms with Gasteiger partial charge in [-0.05, 0) is 53.4 Å². The quantitative estimate of drug-likeness (QED) is 0.305. The van der Waals surface area contributed by atoms with Gasteiger partial charge in [-0.2, -0.15) is 13.5 Å². The van der Waals surface area contributed by atoms with E-state index in [0.717, 1.165) is 0 Å². The molecular formula is C18H14N2O4S2. The van der Waals surface area contributed by atoms with E-state index in [9.17, 15) is 13.2 Å². The van der Waals surface area contributed by atoms with Gasteiger partial charge in [0.15, 0.2) is 0 Å². The molecule has 0 unspecified atom stereocenters. The Morgan fingerprint density at radius 1 is 1.00 bits per heavy atom. The van der Waals surface area contributed by atoms with Gasteiger partial charge in [-0.1, -0.05) is 24.3 Å². The first-order valence-corrected chi connectivity index (χ1v) is 9.86. The number of nitrogens with zero attached hydrogens (tertiary/aromatic N) is 1. The maximum Gasteiger partial charge on any atom is 0.353 e. The zero-order valence-corrected chi connectivity index (χ0v) is 15.0. The van der Waals surface area contributed by atoms with Gasteiger partial charge in [0.05, 0.1) is 11.1 Å². The average molecular weight is 386 g/mol. The van der Waals surface area contributed by atoms with E-state index < -0.39 is 16.0 Å². The molecule has 3 aromatic rings. The minimum Gasteiger partial charge on any atom is -0.422 e. The first-order valence-electron chi connectivity index (χ1n) is 7.50. The minimum atomic E-state index is -3.70. The lowest BCUT2D eigenvalue weighted by molar-refractivity contribution is 0.0740. The summed E-state index contributed by atoms with van der Waals surface area (Å²) in [5, 5.41) is 5.55. The highest BCUT2D eigenvalue weighted by Crippen LogP contribution is 2.16. The second-order valence-electron chi connectivity index (χ2n) is 5.10. The van der Waals surface area contributed by atoms with Crippen LogP contribution >= 0.6 is 11.3 Å². The molecule has 2 aromatic carbocycles. The van der Waals surface area contributed by atoms with Crippen LogP contribution in [0, 0.1) is 0 Å². The highest BCUT2D eigenvalue weighted by atomic mass is 32.2. The van der Waals surface area contributed by atoms with Gasteiger partial charge in [-0.15, -0.1) is 11.3 Å². The third-order valence-corrected chi connectivity index (χ3v) is 5.34. The van der Waals surface area contributed by atoms with E-state index in [1.807, 2.05) is 0 Å². The zero-order valence-electron chi connectivity index (χ0n) is 13.4. The van der Waals surface area contributed by atoms with E-state index in [2.05, 4.69) is 9.93 Å². The second-order valence-corrected chi connectivity index (χ2v) is 7.71. The summed E-state index contributed by atoms with van der Waals surface area (Å²) in [7, 11) is -3.70. The van der Waals surface area contributed by atoms with Crippen LogP contribution in [0.25, 0.3) is 0 Å². The molecule has 0 bridgehead atoms. The molecule has 1 aromatic heterocycles. The molecule has 6 nitrogen and oxygen atoms in total. The number of hydrogen-bond acceptors (Lipinski definition) is 6. The van der Waals surface area contributed by atoms with Crippen LogP contribution in [0.2, 0.25) is 0 Å². The number of carbonyl (C=O) groups is 1. The van der Waals surface area contributed by atoms with Gasteiger partial charge in [0.1, 0.15) is 10.6 Å². The van der Waals surface area contributed by atoms with E-state index in [1.165, 1.54) is 29.7 Å². The number of esters is 1. The molecule has 0 saturated heterocycles. The van der Waals surface area contributed by atoms with Gasteiger partial charge in [0.2, 0.25) is 0 Å². The zero-order chi connectivity index (χ0) is 18.4. The van der Waals surface area contributed by atoms with Crippen molar-refractivity contribution in [2.75, 3.05) is 0 Å². The lowest BCUT2D eigenvalue weighted by Crippen LogP contribution is -2.18. The number of rotatable bonds is 6. The van der Waals surface area contributed by atoms with E-state index in [4.69, 9.17) is 4.74 Å². The third-order valence-electron chi connectivity index (χ3n) is 3.25. The van der Waals surface area contributed by atoms with Gasteiger partial charge >= 0.3 is 5.97 Å². The Morgan fingerprint density at radius 3 is 2.38 bits per heavy atom. The van der Waals surface area contributed by atoms with Gasteiger partial charge < -0.3 is 4.74 Å². The van der Waals surface area contributed by atoms with Crippen molar-refractivity contribution in [1.29, 1.82) is 0 Å². The summed E-state index contributed by atoms with van der Waals surface area (Å²) in [6.45, 7) is 0. The molecule has 1 N–H and O–H groups in total. The van der Waals surface area contributed by atoms with Crippen molar-refractivity contribution in [3.8, 4) is 5.75 Å². The van der Waals surface area contributed by atoms with Crippen molar-refractivity contribution in [3.63, 3.8) is 0 Å². The van der Waals surface area contributed by atoms with Crippen LogP contribution in [0.5, 0.6) is 5.75 Å². The second kappa shape index (κ2) is 7.94. The summed E-state index contributed by atoms with van der Waals surface area (Å²) in [5.41, 5.74) is 0.650. The van der Waals surface area contributed by atoms with Gasteiger partial charge in [-0.3, -0.25) is 0 Å². The van der Waals surface area contributed by atoms with Crippen molar-refractivity contribution in [2.24, 2.45) is 5.10 Å². The van der Waals surface area contributed by atoms with Gasteiger partial charge in [0, 0.05) is 0 Å². The fraction of sp³-hybridized carbons (Fsp3) is 0. The fourth-order valence-electron chi connectivity index (χ4n) is 2.00. The molecule has 0 atom stereocenters. The van der Waals surface area contributed by atoms with E-state index >= 15 is 0 Å². The first kappa shape index (κ1) is 17.8. The number of sulfonamides is 1. The SMILES string of the molecule is O=C(Oc1ccc(/C=N\NS(=O)(=O)c2ccccc2)cc1)c1cccs1. The Bertz CT molecular complexity index is 997. The van der Waals surface area contributed by atoms with E-state index in [-0.39, 0.29) is 4.90 Å². The summed E-state index contributed by atoms with van der Waals surface area (Å²) >= 11 is 1.30. The Labute approximate surface area is 154 Å². The van der Waals surface area contributed by atoms with Crippen LogP contribution in [-0.4, -0.2) is 20.6 Å². The number of carbonyl (C=O) groups excluding carboxylic acids is 1. The average Bonchev–Trinajstić information content (AvgIpc) is 3.19. The standard InChI is InChI=1S/C18H14N2O4S2/c21-18(17-7-4-12-25-17)24-15-10-8-14(9-11-15)13-19-20-26(22,23)16-5-2-1-3-6-16/h1-13,20H/b19-13-. The molecule has 0 saturated carbocycles. The summed E-state index contributed by atoms with van der Waals surface area (Å²) in [4.78, 5) is 14.7. The molecule has 3 rings (SSSR count). The van der Waals surface area contributed by atoms with Gasteiger partial charge in [0.25, 0.3) is 10.0 Å². The lowest BCUT2D eigenvalue weighted by Gasteiger charge is -2.04. The molecule has 132 valence electrons. The number of hydrogen-bond donors (Lipinski definition) is 1. The predicted molar refractivity (Wildman–Crippen MR) is 100 cm³/mol. The molecule has 8 heteroatoms. The Morgan fingerprint density at radius 2 is 1.73 bits per heavy atom.